The van der Waals surface area contributed by atoms with Gasteiger partial charge in [0.1, 0.15) is 11.5 Å². The van der Waals surface area contributed by atoms with E-state index in [1.807, 2.05) is 12.1 Å². The van der Waals surface area contributed by atoms with E-state index in [0.29, 0.717) is 53.0 Å². The molecule has 0 amide bonds. The van der Waals surface area contributed by atoms with E-state index in [0.717, 1.165) is 31.4 Å². The standard InChI is InChI=1S/C24H29N7O3S/c1-15-19-14-27-24(28-20-8-7-18(13-26-20)30-9-11-35(25,34)12-10-30)29-22(19)31(17-5-3-4-6-17)23(33)21(15)16(2)32/h7-8,13-14,17,25H,3-6,9-12H2,1-2H3,(H,26,27,28,29). The lowest BCUT2D eigenvalue weighted by Crippen LogP contribution is -2.39. The van der Waals surface area contributed by atoms with Gasteiger partial charge in [-0.2, -0.15) is 4.98 Å². The van der Waals surface area contributed by atoms with Crippen molar-refractivity contribution >= 4 is 44.0 Å². The molecule has 35 heavy (non-hydrogen) atoms. The zero-order valence-corrected chi connectivity index (χ0v) is 20.7. The highest BCUT2D eigenvalue weighted by Gasteiger charge is 2.26. The Labute approximate surface area is 203 Å². The van der Waals surface area contributed by atoms with E-state index in [1.54, 1.807) is 23.9 Å². The Hall–Kier alpha value is -3.34. The minimum atomic E-state index is -2.45. The van der Waals surface area contributed by atoms with E-state index in [9.17, 15) is 13.8 Å². The zero-order valence-electron chi connectivity index (χ0n) is 19.9. The first-order chi connectivity index (χ1) is 16.7. The summed E-state index contributed by atoms with van der Waals surface area (Å²) >= 11 is 0. The normalized spacial score (nSPS) is 18.2. The average Bonchev–Trinajstić information content (AvgIpc) is 3.34. The van der Waals surface area contributed by atoms with E-state index in [1.165, 1.54) is 6.92 Å². The van der Waals surface area contributed by atoms with Crippen molar-refractivity contribution in [2.24, 2.45) is 0 Å². The molecule has 3 aromatic rings. The number of anilines is 3. The number of hydrogen-bond donors (Lipinski definition) is 2. The highest BCUT2D eigenvalue weighted by atomic mass is 32.2. The first-order valence-corrected chi connectivity index (χ1v) is 13.8. The van der Waals surface area contributed by atoms with Gasteiger partial charge in [-0.25, -0.2) is 14.2 Å². The first-order valence-electron chi connectivity index (χ1n) is 11.9. The second-order valence-corrected chi connectivity index (χ2v) is 11.8. The summed E-state index contributed by atoms with van der Waals surface area (Å²) < 4.78 is 21.3. The molecule has 0 aromatic carbocycles. The van der Waals surface area contributed by atoms with Crippen LogP contribution < -0.4 is 15.8 Å². The van der Waals surface area contributed by atoms with Gasteiger partial charge in [-0.05, 0) is 44.4 Å². The molecule has 1 saturated carbocycles. The number of carbonyl (C=O) groups excluding carboxylic acids is 1. The van der Waals surface area contributed by atoms with Crippen molar-refractivity contribution in [3.63, 3.8) is 0 Å². The average molecular weight is 496 g/mol. The predicted octanol–water partition coefficient (Wildman–Crippen LogP) is 3.42. The monoisotopic (exact) mass is 495 g/mol. The Kier molecular flexibility index (Phi) is 6.04. The smallest absolute Gasteiger partial charge is 0.263 e. The summed E-state index contributed by atoms with van der Waals surface area (Å²) in [6, 6.07) is 3.77. The molecule has 1 saturated heterocycles. The Balaban J connectivity index is 1.47. The fourth-order valence-electron chi connectivity index (χ4n) is 5.06. The Morgan fingerprint density at radius 2 is 1.86 bits per heavy atom. The summed E-state index contributed by atoms with van der Waals surface area (Å²) in [7, 11) is -2.45. The van der Waals surface area contributed by atoms with Crippen molar-refractivity contribution in [1.82, 2.24) is 19.5 Å². The fraction of sp³-hybridized carbons (Fsp3) is 0.458. The van der Waals surface area contributed by atoms with Gasteiger partial charge in [0.2, 0.25) is 5.95 Å². The topological polar surface area (TPSA) is 134 Å². The minimum absolute atomic E-state index is 0.0202. The molecule has 0 bridgehead atoms. The lowest BCUT2D eigenvalue weighted by molar-refractivity contribution is 0.101. The molecule has 0 radical (unpaired) electrons. The van der Waals surface area contributed by atoms with Crippen molar-refractivity contribution < 1.29 is 9.00 Å². The van der Waals surface area contributed by atoms with E-state index >= 15 is 0 Å². The molecule has 2 N–H and O–H groups in total. The molecule has 0 atom stereocenters. The number of fused-ring (bicyclic) bond motifs is 1. The molecule has 0 spiro atoms. The van der Waals surface area contributed by atoms with E-state index in [4.69, 9.17) is 9.76 Å². The number of rotatable bonds is 5. The molecule has 4 heterocycles. The third kappa shape index (κ3) is 4.52. The summed E-state index contributed by atoms with van der Waals surface area (Å²) in [5, 5.41) is 3.82. The molecule has 1 aliphatic carbocycles. The number of nitrogens with zero attached hydrogens (tertiary/aromatic N) is 5. The van der Waals surface area contributed by atoms with Crippen LogP contribution in [0.25, 0.3) is 11.0 Å². The Morgan fingerprint density at radius 3 is 2.49 bits per heavy atom. The molecule has 184 valence electrons. The number of Topliss-reactive ketones (excluding diaryl/α,β-unsaturated/α-hetero) is 1. The van der Waals surface area contributed by atoms with Gasteiger partial charge in [0, 0.05) is 51.9 Å². The van der Waals surface area contributed by atoms with Gasteiger partial charge in [-0.15, -0.1) is 0 Å². The summed E-state index contributed by atoms with van der Waals surface area (Å²) in [6.45, 7) is 4.35. The van der Waals surface area contributed by atoms with Crippen LogP contribution in [0.4, 0.5) is 17.5 Å². The van der Waals surface area contributed by atoms with Crippen molar-refractivity contribution in [3.8, 4) is 0 Å². The van der Waals surface area contributed by atoms with Crippen LogP contribution in [0.15, 0.2) is 29.3 Å². The summed E-state index contributed by atoms with van der Waals surface area (Å²) in [4.78, 5) is 41.3. The van der Waals surface area contributed by atoms with Crippen molar-refractivity contribution in [2.75, 3.05) is 34.8 Å². The third-order valence-corrected chi connectivity index (χ3v) is 8.67. The Bertz CT molecular complexity index is 1450. The number of hydrogen-bond acceptors (Lipinski definition) is 9. The van der Waals surface area contributed by atoms with Gasteiger partial charge in [0.15, 0.2) is 5.78 Å². The maximum Gasteiger partial charge on any atom is 0.263 e. The molecule has 3 aromatic heterocycles. The fourth-order valence-corrected chi connectivity index (χ4v) is 6.29. The van der Waals surface area contributed by atoms with Gasteiger partial charge < -0.3 is 10.2 Å². The van der Waals surface area contributed by atoms with Crippen molar-refractivity contribution in [1.29, 1.82) is 4.78 Å². The number of aryl methyl sites for hydroxylation is 1. The molecule has 2 fully saturated rings. The quantitative estimate of drug-likeness (QED) is 0.514. The van der Waals surface area contributed by atoms with Crippen LogP contribution in [0.3, 0.4) is 0 Å². The maximum atomic E-state index is 13.3. The molecule has 5 rings (SSSR count). The largest absolute Gasteiger partial charge is 0.368 e. The number of ketones is 1. The van der Waals surface area contributed by atoms with Gasteiger partial charge in [0.05, 0.1) is 17.4 Å². The highest BCUT2D eigenvalue weighted by molar-refractivity contribution is 7.92. The van der Waals surface area contributed by atoms with Crippen molar-refractivity contribution in [3.05, 3.63) is 46.0 Å². The number of aromatic nitrogens is 4. The lowest BCUT2D eigenvalue weighted by Gasteiger charge is -2.29. The van der Waals surface area contributed by atoms with Crippen LogP contribution in [0, 0.1) is 11.7 Å². The van der Waals surface area contributed by atoms with E-state index in [2.05, 4.69) is 20.2 Å². The summed E-state index contributed by atoms with van der Waals surface area (Å²) in [5.41, 5.74) is 1.99. The van der Waals surface area contributed by atoms with Crippen LogP contribution in [0.2, 0.25) is 0 Å². The van der Waals surface area contributed by atoms with Crippen molar-refractivity contribution in [2.45, 2.75) is 45.6 Å². The molecular formula is C24H29N7O3S. The zero-order chi connectivity index (χ0) is 24.7. The van der Waals surface area contributed by atoms with Gasteiger partial charge in [-0.3, -0.25) is 18.9 Å². The van der Waals surface area contributed by atoms with Gasteiger partial charge >= 0.3 is 0 Å². The second kappa shape index (κ2) is 9.03. The van der Waals surface area contributed by atoms with Crippen LogP contribution in [0.1, 0.15) is 54.6 Å². The maximum absolute atomic E-state index is 13.3. The molecule has 1 aliphatic heterocycles. The summed E-state index contributed by atoms with van der Waals surface area (Å²) in [6.07, 6.45) is 7.26. The molecule has 2 aliphatic rings. The van der Waals surface area contributed by atoms with Gasteiger partial charge in [0.25, 0.3) is 5.56 Å². The van der Waals surface area contributed by atoms with Crippen LogP contribution >= 0.6 is 0 Å². The van der Waals surface area contributed by atoms with Crippen LogP contribution in [-0.2, 0) is 9.73 Å². The lowest BCUT2D eigenvalue weighted by atomic mass is 10.0. The number of nitrogens with one attached hydrogen (secondary N) is 2. The molecule has 11 heteroatoms. The number of pyridine rings is 2. The highest BCUT2D eigenvalue weighted by Crippen LogP contribution is 2.32. The molecule has 10 nitrogen and oxygen atoms in total. The summed E-state index contributed by atoms with van der Waals surface area (Å²) in [5.74, 6) is 1.37. The van der Waals surface area contributed by atoms with Gasteiger partial charge in [-0.1, -0.05) is 12.8 Å². The Morgan fingerprint density at radius 1 is 1.14 bits per heavy atom. The third-order valence-electron chi connectivity index (χ3n) is 6.99. The van der Waals surface area contributed by atoms with Crippen LogP contribution in [-0.4, -0.2) is 54.1 Å². The van der Waals surface area contributed by atoms with E-state index < -0.39 is 9.73 Å². The minimum Gasteiger partial charge on any atom is -0.368 e. The number of carbonyl (C=O) groups is 1. The molecule has 0 unspecified atom stereocenters. The SMILES string of the molecule is CC(=O)c1c(C)c2cnc(Nc3ccc(N4CCS(=N)(=O)CC4)cn3)nc2n(C2CCCC2)c1=O. The second-order valence-electron chi connectivity index (χ2n) is 9.33. The molecular weight excluding hydrogens is 466 g/mol. The van der Waals surface area contributed by atoms with E-state index in [-0.39, 0.29) is 22.9 Å². The first kappa shape index (κ1) is 23.4. The van der Waals surface area contributed by atoms with Crippen LogP contribution in [0.5, 0.6) is 0 Å². The predicted molar refractivity (Wildman–Crippen MR) is 136 cm³/mol.